The third kappa shape index (κ3) is 12.8. The maximum Gasteiger partial charge on any atom is 0.407 e. The molecule has 0 aromatic carbocycles. The van der Waals surface area contributed by atoms with Crippen molar-refractivity contribution in [3.63, 3.8) is 0 Å². The Kier molecular flexibility index (Phi) is 12.7. The second kappa shape index (κ2) is 14.5. The van der Waals surface area contributed by atoms with Crippen molar-refractivity contribution < 1.29 is 9.53 Å². The van der Waals surface area contributed by atoms with Crippen LogP contribution in [0.15, 0.2) is 34.9 Å². The van der Waals surface area contributed by atoms with Gasteiger partial charge in [-0.05, 0) is 86.0 Å². The summed E-state index contributed by atoms with van der Waals surface area (Å²) in [6.45, 7) is 10.7. The van der Waals surface area contributed by atoms with Gasteiger partial charge in [0.2, 0.25) is 0 Å². The fourth-order valence-corrected chi connectivity index (χ4v) is 3.59. The maximum absolute atomic E-state index is 12.0. The lowest BCUT2D eigenvalue weighted by Gasteiger charge is -2.23. The lowest BCUT2D eigenvalue weighted by atomic mass is 9.96. The molecular weight excluding hydrogens is 346 g/mol. The molecule has 0 spiro atoms. The Morgan fingerprint density at radius 3 is 2.11 bits per heavy atom. The van der Waals surface area contributed by atoms with Gasteiger partial charge in [-0.1, -0.05) is 54.2 Å². The van der Waals surface area contributed by atoms with Crippen molar-refractivity contribution in [1.82, 2.24) is 5.32 Å². The summed E-state index contributed by atoms with van der Waals surface area (Å²) in [6, 6.07) is 0.314. The van der Waals surface area contributed by atoms with Crippen molar-refractivity contribution >= 4 is 6.09 Å². The van der Waals surface area contributed by atoms with Gasteiger partial charge >= 0.3 is 6.09 Å². The summed E-state index contributed by atoms with van der Waals surface area (Å²) in [5, 5.41) is 3.02. The van der Waals surface area contributed by atoms with E-state index in [1.165, 1.54) is 36.0 Å². The first-order chi connectivity index (χ1) is 13.4. The van der Waals surface area contributed by atoms with Crippen LogP contribution >= 0.6 is 0 Å². The zero-order valence-corrected chi connectivity index (χ0v) is 19.0. The summed E-state index contributed by atoms with van der Waals surface area (Å²) < 4.78 is 5.51. The van der Waals surface area contributed by atoms with Crippen molar-refractivity contribution in [3.8, 4) is 0 Å². The standard InChI is InChI=1S/C25H43NO2/c1-20(2)12-9-13-21(3)14-10-15-22(4)16-11-17-23(5)28-25(27)26-24-18-7-6-8-19-24/h12,14,16,23-24H,6-11,13,15,17-19H2,1-5H3,(H,26,27). The molecule has 1 aliphatic carbocycles. The molecule has 28 heavy (non-hydrogen) atoms. The van der Waals surface area contributed by atoms with Gasteiger partial charge < -0.3 is 10.1 Å². The van der Waals surface area contributed by atoms with Crippen LogP contribution in [0.5, 0.6) is 0 Å². The highest BCUT2D eigenvalue weighted by molar-refractivity contribution is 5.67. The number of hydrogen-bond donors (Lipinski definition) is 1. The molecule has 0 saturated heterocycles. The summed E-state index contributed by atoms with van der Waals surface area (Å²) in [7, 11) is 0. The number of amides is 1. The van der Waals surface area contributed by atoms with Crippen LogP contribution in [0.1, 0.15) is 105 Å². The second-order valence-corrected chi connectivity index (χ2v) is 8.73. The average molecular weight is 390 g/mol. The normalized spacial score (nSPS) is 17.2. The number of rotatable bonds is 11. The van der Waals surface area contributed by atoms with E-state index in [1.54, 1.807) is 0 Å². The van der Waals surface area contributed by atoms with Gasteiger partial charge in [0, 0.05) is 6.04 Å². The van der Waals surface area contributed by atoms with Gasteiger partial charge in [-0.3, -0.25) is 0 Å². The molecule has 1 N–H and O–H groups in total. The van der Waals surface area contributed by atoms with E-state index in [0.29, 0.717) is 6.04 Å². The minimum atomic E-state index is -0.242. The molecule has 0 aromatic rings. The van der Waals surface area contributed by atoms with E-state index in [2.05, 4.69) is 51.2 Å². The smallest absolute Gasteiger partial charge is 0.407 e. The van der Waals surface area contributed by atoms with Gasteiger partial charge in [0.15, 0.2) is 0 Å². The Morgan fingerprint density at radius 1 is 0.929 bits per heavy atom. The number of allylic oxidation sites excluding steroid dienone is 6. The minimum Gasteiger partial charge on any atom is -0.447 e. The highest BCUT2D eigenvalue weighted by Crippen LogP contribution is 2.18. The lowest BCUT2D eigenvalue weighted by molar-refractivity contribution is 0.0977. The van der Waals surface area contributed by atoms with Crippen molar-refractivity contribution in [1.29, 1.82) is 0 Å². The molecule has 1 unspecified atom stereocenters. The van der Waals surface area contributed by atoms with Crippen LogP contribution in [0, 0.1) is 0 Å². The summed E-state index contributed by atoms with van der Waals surface area (Å²) in [5.74, 6) is 0. The molecule has 1 fully saturated rings. The molecule has 0 bridgehead atoms. The fraction of sp³-hybridized carbons (Fsp3) is 0.720. The van der Waals surface area contributed by atoms with Crippen LogP contribution in [0.4, 0.5) is 4.79 Å². The van der Waals surface area contributed by atoms with Gasteiger partial charge in [0.05, 0.1) is 0 Å². The average Bonchev–Trinajstić information content (AvgIpc) is 2.62. The minimum absolute atomic E-state index is 0.0372. The van der Waals surface area contributed by atoms with Crippen LogP contribution in [-0.2, 0) is 4.74 Å². The van der Waals surface area contributed by atoms with Crippen LogP contribution in [-0.4, -0.2) is 18.2 Å². The molecular formula is C25H43NO2. The summed E-state index contributed by atoms with van der Waals surface area (Å²) in [4.78, 5) is 12.0. The highest BCUT2D eigenvalue weighted by Gasteiger charge is 2.17. The monoisotopic (exact) mass is 389 g/mol. The molecule has 1 aliphatic rings. The Bertz CT molecular complexity index is 535. The number of alkyl carbamates (subject to hydrolysis) is 1. The van der Waals surface area contributed by atoms with E-state index in [4.69, 9.17) is 4.74 Å². The van der Waals surface area contributed by atoms with E-state index < -0.39 is 0 Å². The fourth-order valence-electron chi connectivity index (χ4n) is 3.59. The van der Waals surface area contributed by atoms with E-state index >= 15 is 0 Å². The third-order valence-corrected chi connectivity index (χ3v) is 5.42. The van der Waals surface area contributed by atoms with Crippen molar-refractivity contribution in [3.05, 3.63) is 34.9 Å². The molecule has 3 heteroatoms. The molecule has 0 radical (unpaired) electrons. The van der Waals surface area contributed by atoms with Crippen LogP contribution in [0.2, 0.25) is 0 Å². The summed E-state index contributed by atoms with van der Waals surface area (Å²) in [5.41, 5.74) is 4.31. The van der Waals surface area contributed by atoms with Gasteiger partial charge in [-0.15, -0.1) is 0 Å². The molecule has 3 nitrogen and oxygen atoms in total. The Hall–Kier alpha value is -1.51. The number of hydrogen-bond acceptors (Lipinski definition) is 2. The summed E-state index contributed by atoms with van der Waals surface area (Å²) in [6.07, 6.45) is 19.0. The van der Waals surface area contributed by atoms with Gasteiger partial charge in [-0.2, -0.15) is 0 Å². The molecule has 1 amide bonds. The number of nitrogens with one attached hydrogen (secondary N) is 1. The number of carbonyl (C=O) groups is 1. The van der Waals surface area contributed by atoms with E-state index in [1.807, 2.05) is 6.92 Å². The quantitative estimate of drug-likeness (QED) is 0.369. The Balaban J connectivity index is 2.16. The first-order valence-electron chi connectivity index (χ1n) is 11.3. The SMILES string of the molecule is CC(C)=CCCC(C)=CCCC(C)=CCCC(C)OC(=O)NC1CCCCC1. The van der Waals surface area contributed by atoms with E-state index in [9.17, 15) is 4.79 Å². The van der Waals surface area contributed by atoms with Gasteiger partial charge in [0.25, 0.3) is 0 Å². The third-order valence-electron chi connectivity index (χ3n) is 5.42. The predicted molar refractivity (Wildman–Crippen MR) is 121 cm³/mol. The first-order valence-corrected chi connectivity index (χ1v) is 11.3. The van der Waals surface area contributed by atoms with Crippen LogP contribution in [0.3, 0.4) is 0 Å². The molecule has 1 atom stereocenters. The Labute approximate surface area is 173 Å². The van der Waals surface area contributed by atoms with E-state index in [-0.39, 0.29) is 12.2 Å². The predicted octanol–water partition coefficient (Wildman–Crippen LogP) is 7.63. The second-order valence-electron chi connectivity index (χ2n) is 8.73. The molecule has 160 valence electrons. The van der Waals surface area contributed by atoms with Crippen LogP contribution < -0.4 is 5.32 Å². The lowest BCUT2D eigenvalue weighted by Crippen LogP contribution is -2.37. The zero-order valence-electron chi connectivity index (χ0n) is 19.0. The molecule has 0 heterocycles. The summed E-state index contributed by atoms with van der Waals surface area (Å²) >= 11 is 0. The molecule has 1 saturated carbocycles. The molecule has 0 aliphatic heterocycles. The van der Waals surface area contributed by atoms with Crippen molar-refractivity contribution in [2.24, 2.45) is 0 Å². The Morgan fingerprint density at radius 2 is 1.50 bits per heavy atom. The number of ether oxygens (including phenoxy) is 1. The van der Waals surface area contributed by atoms with Gasteiger partial charge in [0.1, 0.15) is 6.10 Å². The van der Waals surface area contributed by atoms with Crippen molar-refractivity contribution in [2.45, 2.75) is 117 Å². The maximum atomic E-state index is 12.0. The molecule has 1 rings (SSSR count). The highest BCUT2D eigenvalue weighted by atomic mass is 16.6. The van der Waals surface area contributed by atoms with Crippen LogP contribution in [0.25, 0.3) is 0 Å². The first kappa shape index (κ1) is 24.5. The number of carbonyl (C=O) groups excluding carboxylic acids is 1. The van der Waals surface area contributed by atoms with Crippen molar-refractivity contribution in [2.75, 3.05) is 0 Å². The molecule has 0 aromatic heterocycles. The zero-order chi connectivity index (χ0) is 20.8. The van der Waals surface area contributed by atoms with Gasteiger partial charge in [-0.25, -0.2) is 4.79 Å². The van der Waals surface area contributed by atoms with E-state index in [0.717, 1.165) is 51.4 Å². The topological polar surface area (TPSA) is 38.3 Å². The largest absolute Gasteiger partial charge is 0.447 e.